The molecule has 0 saturated heterocycles. The van der Waals surface area contributed by atoms with E-state index < -0.39 is 18.5 Å². The number of esters is 1. The van der Waals surface area contributed by atoms with Crippen LogP contribution in [0.3, 0.4) is 0 Å². The number of aryl methyl sites for hydroxylation is 3. The maximum atomic E-state index is 12.3. The number of anilines is 1. The fraction of sp³-hybridized carbons (Fsp3) is 0.227. The van der Waals surface area contributed by atoms with Gasteiger partial charge in [0, 0.05) is 15.8 Å². The highest BCUT2D eigenvalue weighted by atomic mass is 35.5. The van der Waals surface area contributed by atoms with Crippen LogP contribution in [0.15, 0.2) is 36.4 Å². The molecule has 0 saturated carbocycles. The highest BCUT2D eigenvalue weighted by Gasteiger charge is 2.19. The molecular weight excluding hydrogens is 424 g/mol. The number of hydrogen-bond donors (Lipinski definition) is 2. The van der Waals surface area contributed by atoms with Gasteiger partial charge in [-0.15, -0.1) is 11.3 Å². The number of nitrogens with one attached hydrogen (secondary N) is 2. The zero-order chi connectivity index (χ0) is 21.8. The second-order valence-corrected chi connectivity index (χ2v) is 8.35. The molecule has 0 unspecified atom stereocenters. The average Bonchev–Trinajstić information content (AvgIpc) is 3.04. The fourth-order valence-electron chi connectivity index (χ4n) is 3.13. The van der Waals surface area contributed by atoms with E-state index in [1.54, 1.807) is 0 Å². The lowest BCUT2D eigenvalue weighted by atomic mass is 10.1. The Morgan fingerprint density at radius 2 is 1.70 bits per heavy atom. The van der Waals surface area contributed by atoms with Crippen LogP contribution in [-0.2, 0) is 14.3 Å². The number of fused-ring (bicyclic) bond motifs is 1. The number of thiophene rings is 1. The summed E-state index contributed by atoms with van der Waals surface area (Å²) in [4.78, 5) is 36.6. The third-order valence-corrected chi connectivity index (χ3v) is 6.10. The van der Waals surface area contributed by atoms with Crippen molar-refractivity contribution in [2.75, 3.05) is 18.5 Å². The number of benzene rings is 2. The van der Waals surface area contributed by atoms with Gasteiger partial charge in [-0.25, -0.2) is 4.79 Å². The van der Waals surface area contributed by atoms with Crippen molar-refractivity contribution >= 4 is 56.5 Å². The van der Waals surface area contributed by atoms with E-state index in [0.29, 0.717) is 5.02 Å². The first kappa shape index (κ1) is 21.8. The summed E-state index contributed by atoms with van der Waals surface area (Å²) in [6.45, 7) is 5.07. The normalized spacial score (nSPS) is 10.7. The van der Waals surface area contributed by atoms with E-state index in [2.05, 4.69) is 10.6 Å². The van der Waals surface area contributed by atoms with Crippen LogP contribution in [0.1, 0.15) is 26.4 Å². The molecule has 6 nitrogen and oxygen atoms in total. The summed E-state index contributed by atoms with van der Waals surface area (Å²) in [5.74, 6) is -1.61. The molecule has 30 heavy (non-hydrogen) atoms. The van der Waals surface area contributed by atoms with Crippen molar-refractivity contribution in [3.8, 4) is 0 Å². The van der Waals surface area contributed by atoms with Gasteiger partial charge in [0.1, 0.15) is 4.88 Å². The molecule has 0 aliphatic heterocycles. The second-order valence-electron chi connectivity index (χ2n) is 6.92. The molecule has 0 fully saturated rings. The van der Waals surface area contributed by atoms with Crippen LogP contribution < -0.4 is 10.6 Å². The minimum Gasteiger partial charge on any atom is -0.451 e. The molecule has 0 atom stereocenters. The molecule has 8 heteroatoms. The van der Waals surface area contributed by atoms with Crippen LogP contribution in [-0.4, -0.2) is 30.9 Å². The summed E-state index contributed by atoms with van der Waals surface area (Å²) in [5, 5.41) is 6.31. The molecule has 2 aromatic carbocycles. The van der Waals surface area contributed by atoms with Crippen LogP contribution in [0, 0.1) is 20.8 Å². The number of ether oxygens (including phenoxy) is 1. The average molecular weight is 445 g/mol. The van der Waals surface area contributed by atoms with Crippen LogP contribution in [0.2, 0.25) is 5.02 Å². The Balaban J connectivity index is 1.50. The predicted molar refractivity (Wildman–Crippen MR) is 119 cm³/mol. The van der Waals surface area contributed by atoms with Crippen LogP contribution >= 0.6 is 22.9 Å². The third kappa shape index (κ3) is 4.98. The lowest BCUT2D eigenvalue weighted by molar-refractivity contribution is -0.126. The van der Waals surface area contributed by atoms with Gasteiger partial charge < -0.3 is 15.4 Å². The molecule has 0 aliphatic rings. The van der Waals surface area contributed by atoms with Gasteiger partial charge in [-0.05, 0) is 38.0 Å². The number of rotatable bonds is 6. The lowest BCUT2D eigenvalue weighted by Crippen LogP contribution is -2.35. The van der Waals surface area contributed by atoms with Crippen molar-refractivity contribution in [3.05, 3.63) is 63.0 Å². The second kappa shape index (κ2) is 9.28. The topological polar surface area (TPSA) is 84.5 Å². The fourth-order valence-corrected chi connectivity index (χ4v) is 4.53. The summed E-state index contributed by atoms with van der Waals surface area (Å²) in [7, 11) is 0. The number of amides is 2. The molecule has 0 spiro atoms. The summed E-state index contributed by atoms with van der Waals surface area (Å²) in [6.07, 6.45) is 0. The van der Waals surface area contributed by atoms with Gasteiger partial charge in [0.2, 0.25) is 5.91 Å². The Hall–Kier alpha value is -2.90. The maximum absolute atomic E-state index is 12.3. The van der Waals surface area contributed by atoms with Crippen molar-refractivity contribution in [2.24, 2.45) is 0 Å². The minimum absolute atomic E-state index is 0.229. The molecule has 1 heterocycles. The molecule has 0 radical (unpaired) electrons. The first-order chi connectivity index (χ1) is 14.3. The Bertz CT molecular complexity index is 1120. The Labute approximate surface area is 183 Å². The van der Waals surface area contributed by atoms with E-state index >= 15 is 0 Å². The van der Waals surface area contributed by atoms with E-state index in [0.717, 1.165) is 32.5 Å². The van der Waals surface area contributed by atoms with E-state index in [-0.39, 0.29) is 17.3 Å². The number of halogens is 1. The largest absolute Gasteiger partial charge is 0.451 e. The van der Waals surface area contributed by atoms with Crippen molar-refractivity contribution in [1.29, 1.82) is 0 Å². The van der Waals surface area contributed by atoms with Crippen LogP contribution in [0.5, 0.6) is 0 Å². The molecular formula is C22H21ClN2O4S. The molecule has 156 valence electrons. The summed E-state index contributed by atoms with van der Waals surface area (Å²) >= 11 is 7.44. The summed E-state index contributed by atoms with van der Waals surface area (Å²) in [6, 6.07) is 11.3. The number of hydrogen-bond acceptors (Lipinski definition) is 5. The Kier molecular flexibility index (Phi) is 6.74. The molecule has 2 N–H and O–H groups in total. The van der Waals surface area contributed by atoms with Crippen molar-refractivity contribution in [3.63, 3.8) is 0 Å². The monoisotopic (exact) mass is 444 g/mol. The lowest BCUT2D eigenvalue weighted by Gasteiger charge is -2.13. The first-order valence-electron chi connectivity index (χ1n) is 9.25. The summed E-state index contributed by atoms with van der Waals surface area (Å²) in [5.41, 5.74) is 3.73. The zero-order valence-corrected chi connectivity index (χ0v) is 18.4. The molecule has 1 aromatic heterocycles. The highest BCUT2D eigenvalue weighted by molar-refractivity contribution is 7.21. The first-order valence-corrected chi connectivity index (χ1v) is 10.4. The predicted octanol–water partition coefficient (Wildman–Crippen LogP) is 4.39. The van der Waals surface area contributed by atoms with Gasteiger partial charge in [-0.2, -0.15) is 0 Å². The number of carbonyl (C=O) groups is 3. The van der Waals surface area contributed by atoms with Gasteiger partial charge >= 0.3 is 5.97 Å². The van der Waals surface area contributed by atoms with Gasteiger partial charge in [-0.3, -0.25) is 9.59 Å². The molecule has 3 rings (SSSR count). The van der Waals surface area contributed by atoms with Gasteiger partial charge in [0.25, 0.3) is 5.91 Å². The standard InChI is InChI=1S/C22H21ClN2O4S/c1-12-8-13(2)20(14(3)9-12)25-17(26)10-24-18(27)11-29-22(28)21-19(23)15-6-4-5-7-16(15)30-21/h4-9H,10-11H2,1-3H3,(H,24,27)(H,25,26). The SMILES string of the molecule is Cc1cc(C)c(NC(=O)CNC(=O)COC(=O)c2sc3ccccc3c2Cl)c(C)c1. The quantitative estimate of drug-likeness (QED) is 0.552. The third-order valence-electron chi connectivity index (χ3n) is 4.44. The molecule has 3 aromatic rings. The zero-order valence-electron chi connectivity index (χ0n) is 16.8. The van der Waals surface area contributed by atoms with Gasteiger partial charge in [-0.1, -0.05) is 47.5 Å². The van der Waals surface area contributed by atoms with E-state index in [9.17, 15) is 14.4 Å². The van der Waals surface area contributed by atoms with Crippen molar-refractivity contribution < 1.29 is 19.1 Å². The summed E-state index contributed by atoms with van der Waals surface area (Å²) < 4.78 is 5.90. The van der Waals surface area contributed by atoms with Crippen LogP contribution in [0.25, 0.3) is 10.1 Å². The van der Waals surface area contributed by atoms with Crippen molar-refractivity contribution in [2.45, 2.75) is 20.8 Å². The van der Waals surface area contributed by atoms with Gasteiger partial charge in [0.05, 0.1) is 11.6 Å². The van der Waals surface area contributed by atoms with Gasteiger partial charge in [0.15, 0.2) is 6.61 Å². The molecule has 2 amide bonds. The van der Waals surface area contributed by atoms with E-state index in [1.807, 2.05) is 57.2 Å². The Morgan fingerprint density at radius 3 is 2.37 bits per heavy atom. The smallest absolute Gasteiger partial charge is 0.350 e. The number of carbonyl (C=O) groups excluding carboxylic acids is 3. The maximum Gasteiger partial charge on any atom is 0.350 e. The minimum atomic E-state index is -0.674. The van der Waals surface area contributed by atoms with E-state index in [1.165, 1.54) is 11.3 Å². The van der Waals surface area contributed by atoms with E-state index in [4.69, 9.17) is 16.3 Å². The molecule has 0 aliphatic carbocycles. The van der Waals surface area contributed by atoms with Crippen molar-refractivity contribution in [1.82, 2.24) is 5.32 Å². The molecule has 0 bridgehead atoms. The van der Waals surface area contributed by atoms with Crippen LogP contribution in [0.4, 0.5) is 5.69 Å². The highest BCUT2D eigenvalue weighted by Crippen LogP contribution is 2.35. The Morgan fingerprint density at radius 1 is 1.03 bits per heavy atom.